The normalized spacial score (nSPS) is 10.9. The first-order valence-electron chi connectivity index (χ1n) is 9.98. The van der Waals surface area contributed by atoms with E-state index in [1.54, 1.807) is 33.9 Å². The van der Waals surface area contributed by atoms with E-state index >= 15 is 0 Å². The summed E-state index contributed by atoms with van der Waals surface area (Å²) >= 11 is 4.49. The lowest BCUT2D eigenvalue weighted by Crippen LogP contribution is -2.03. The molecule has 2 aromatic carbocycles. The van der Waals surface area contributed by atoms with Gasteiger partial charge in [-0.3, -0.25) is 0 Å². The summed E-state index contributed by atoms with van der Waals surface area (Å²) in [5.74, 6) is -0.486. The van der Waals surface area contributed by atoms with Crippen LogP contribution in [0.15, 0.2) is 73.1 Å². The molecule has 0 atom stereocenters. The Morgan fingerprint density at radius 1 is 0.735 bits per heavy atom. The molecule has 0 unspecified atom stereocenters. The monoisotopic (exact) mass is 675 g/mol. The zero-order valence-corrected chi connectivity index (χ0v) is 21.9. The van der Waals surface area contributed by atoms with Crippen LogP contribution in [0.4, 0.5) is 0 Å². The maximum Gasteiger partial charge on any atom is 0.338 e. The number of carbonyl (C=O) groups is 1. The molecule has 9 nitrogen and oxygen atoms in total. The van der Waals surface area contributed by atoms with E-state index in [-0.39, 0.29) is 0 Å². The van der Waals surface area contributed by atoms with Crippen molar-refractivity contribution < 1.29 is 9.53 Å². The van der Waals surface area contributed by atoms with E-state index < -0.39 is 5.97 Å². The van der Waals surface area contributed by atoms with Crippen LogP contribution >= 0.6 is 45.2 Å². The number of esters is 1. The van der Waals surface area contributed by atoms with Crippen molar-refractivity contribution in [3.05, 3.63) is 85.8 Å². The highest BCUT2D eigenvalue weighted by Crippen LogP contribution is 2.24. The van der Waals surface area contributed by atoms with Crippen LogP contribution in [0.2, 0.25) is 0 Å². The van der Waals surface area contributed by atoms with E-state index in [9.17, 15) is 4.79 Å². The molecule has 0 aliphatic rings. The molecule has 5 aromatic rings. The van der Waals surface area contributed by atoms with Gasteiger partial charge in [-0.15, -0.1) is 10.2 Å². The fraction of sp³-hybridized carbons (Fsp3) is 0.0435. The molecule has 0 aliphatic heterocycles. The first-order valence-corrected chi connectivity index (χ1v) is 12.1. The topological polar surface area (TPSA) is 101 Å². The number of benzene rings is 2. The molecule has 11 heteroatoms. The van der Waals surface area contributed by atoms with Crippen LogP contribution in [0.5, 0.6) is 0 Å². The molecule has 0 radical (unpaired) electrons. The second kappa shape index (κ2) is 9.58. The Balaban J connectivity index is 1.54. The number of ether oxygens (including phenoxy) is 1. The summed E-state index contributed by atoms with van der Waals surface area (Å²) in [5, 5.41) is 17.0. The SMILES string of the molecule is COC(=O)c1cc(-c2cn(-c3ccc(I)cc3)nn2)nc(-c2cn(-c3ccc(I)cc3)nn2)c1. The summed E-state index contributed by atoms with van der Waals surface area (Å²) in [7, 11) is 1.34. The van der Waals surface area contributed by atoms with Gasteiger partial charge in [0.25, 0.3) is 0 Å². The minimum absolute atomic E-state index is 0.329. The minimum Gasteiger partial charge on any atom is -0.465 e. The lowest BCUT2D eigenvalue weighted by atomic mass is 10.1. The van der Waals surface area contributed by atoms with Crippen LogP contribution in [-0.2, 0) is 4.74 Å². The van der Waals surface area contributed by atoms with Gasteiger partial charge in [0.15, 0.2) is 0 Å². The van der Waals surface area contributed by atoms with Crippen molar-refractivity contribution in [1.29, 1.82) is 0 Å². The number of carbonyl (C=O) groups excluding carboxylic acids is 1. The molecule has 0 bridgehead atoms. The van der Waals surface area contributed by atoms with Crippen LogP contribution in [0, 0.1) is 7.14 Å². The number of methoxy groups -OCH3 is 1. The highest BCUT2D eigenvalue weighted by molar-refractivity contribution is 14.1. The summed E-state index contributed by atoms with van der Waals surface area (Å²) in [6.45, 7) is 0. The molecule has 3 heterocycles. The molecule has 0 spiro atoms. The summed E-state index contributed by atoms with van der Waals surface area (Å²) in [5.41, 5.74) is 4.02. The zero-order chi connectivity index (χ0) is 23.7. The van der Waals surface area contributed by atoms with Gasteiger partial charge in [0, 0.05) is 7.14 Å². The van der Waals surface area contributed by atoms with Crippen molar-refractivity contribution in [3.63, 3.8) is 0 Å². The molecule has 0 amide bonds. The Hall–Kier alpha value is -3.20. The lowest BCUT2D eigenvalue weighted by molar-refractivity contribution is 0.0600. The van der Waals surface area contributed by atoms with E-state index in [1.165, 1.54) is 7.11 Å². The predicted molar refractivity (Wildman–Crippen MR) is 142 cm³/mol. The molecule has 0 aliphatic carbocycles. The van der Waals surface area contributed by atoms with E-state index in [4.69, 9.17) is 9.72 Å². The Bertz CT molecular complexity index is 1380. The van der Waals surface area contributed by atoms with E-state index in [0.717, 1.165) is 18.5 Å². The molecular weight excluding hydrogens is 660 g/mol. The molecule has 5 rings (SSSR count). The van der Waals surface area contributed by atoms with Gasteiger partial charge in [0.2, 0.25) is 0 Å². The number of rotatable bonds is 5. The Labute approximate surface area is 221 Å². The molecular formula is C23H15I2N7O2. The standard InChI is InChI=1S/C23H15I2N7O2/c1-34-23(33)14-10-19(21-12-31(29-27-21)17-6-2-15(24)3-7-17)26-20(11-14)22-13-32(30-28-22)18-8-4-16(25)5-9-18/h2-13H,1H3. The van der Waals surface area contributed by atoms with Gasteiger partial charge in [0.05, 0.1) is 47.8 Å². The van der Waals surface area contributed by atoms with Crippen LogP contribution in [0.1, 0.15) is 10.4 Å². The van der Waals surface area contributed by atoms with Crippen LogP contribution in [-0.4, -0.2) is 48.1 Å². The highest BCUT2D eigenvalue weighted by atomic mass is 127. The largest absolute Gasteiger partial charge is 0.465 e. The molecule has 0 fully saturated rings. The zero-order valence-electron chi connectivity index (χ0n) is 17.6. The van der Waals surface area contributed by atoms with Gasteiger partial charge in [-0.2, -0.15) is 0 Å². The summed E-state index contributed by atoms with van der Waals surface area (Å²) < 4.78 is 10.5. The third-order valence-corrected chi connectivity index (χ3v) is 6.38. The van der Waals surface area contributed by atoms with Gasteiger partial charge >= 0.3 is 5.97 Å². The molecule has 34 heavy (non-hydrogen) atoms. The number of nitrogens with zero attached hydrogens (tertiary/aromatic N) is 7. The van der Waals surface area contributed by atoms with Crippen LogP contribution in [0.25, 0.3) is 34.2 Å². The minimum atomic E-state index is -0.486. The number of hydrogen-bond acceptors (Lipinski definition) is 7. The van der Waals surface area contributed by atoms with E-state index in [0.29, 0.717) is 28.3 Å². The van der Waals surface area contributed by atoms with Gasteiger partial charge in [-0.1, -0.05) is 10.4 Å². The average molecular weight is 675 g/mol. The van der Waals surface area contributed by atoms with Gasteiger partial charge < -0.3 is 4.74 Å². The Kier molecular flexibility index (Phi) is 6.36. The van der Waals surface area contributed by atoms with Gasteiger partial charge in [-0.05, 0) is 106 Å². The third-order valence-electron chi connectivity index (χ3n) is 4.94. The van der Waals surface area contributed by atoms with E-state index in [1.807, 2.05) is 48.5 Å². The number of aromatic nitrogens is 7. The Morgan fingerprint density at radius 3 is 1.59 bits per heavy atom. The average Bonchev–Trinajstić information content (AvgIpc) is 3.55. The summed E-state index contributed by atoms with van der Waals surface area (Å²) in [6, 6.07) is 19.0. The molecule has 0 N–H and O–H groups in total. The quantitative estimate of drug-likeness (QED) is 0.199. The van der Waals surface area contributed by atoms with Crippen LogP contribution in [0.3, 0.4) is 0 Å². The van der Waals surface area contributed by atoms with Gasteiger partial charge in [0.1, 0.15) is 11.4 Å². The first-order chi connectivity index (χ1) is 16.5. The highest BCUT2D eigenvalue weighted by Gasteiger charge is 2.17. The predicted octanol–water partition coefficient (Wildman–Crippen LogP) is 4.57. The van der Waals surface area contributed by atoms with Gasteiger partial charge in [-0.25, -0.2) is 19.1 Å². The second-order valence-electron chi connectivity index (χ2n) is 7.17. The van der Waals surface area contributed by atoms with Crippen molar-refractivity contribution in [3.8, 4) is 34.2 Å². The maximum atomic E-state index is 12.4. The maximum absolute atomic E-state index is 12.4. The molecule has 3 aromatic heterocycles. The van der Waals surface area contributed by atoms with Crippen molar-refractivity contribution in [2.24, 2.45) is 0 Å². The fourth-order valence-corrected chi connectivity index (χ4v) is 3.95. The summed E-state index contributed by atoms with van der Waals surface area (Å²) in [6.07, 6.45) is 3.52. The molecule has 0 saturated heterocycles. The smallest absolute Gasteiger partial charge is 0.338 e. The van der Waals surface area contributed by atoms with Crippen molar-refractivity contribution in [2.75, 3.05) is 7.11 Å². The van der Waals surface area contributed by atoms with Crippen molar-refractivity contribution in [1.82, 2.24) is 35.0 Å². The van der Waals surface area contributed by atoms with E-state index in [2.05, 4.69) is 65.8 Å². The molecule has 168 valence electrons. The third kappa shape index (κ3) is 4.70. The fourth-order valence-electron chi connectivity index (χ4n) is 3.23. The summed E-state index contributed by atoms with van der Waals surface area (Å²) in [4.78, 5) is 17.1. The number of hydrogen-bond donors (Lipinski definition) is 0. The van der Waals surface area contributed by atoms with Crippen LogP contribution < -0.4 is 0 Å². The first kappa shape index (κ1) is 22.6. The van der Waals surface area contributed by atoms with Crippen molar-refractivity contribution >= 4 is 51.2 Å². The Morgan fingerprint density at radius 2 is 1.18 bits per heavy atom. The number of halogens is 2. The molecule has 0 saturated carbocycles. The second-order valence-corrected chi connectivity index (χ2v) is 9.66. The number of pyridine rings is 1. The lowest BCUT2D eigenvalue weighted by Gasteiger charge is -2.05. The van der Waals surface area contributed by atoms with Crippen molar-refractivity contribution in [2.45, 2.75) is 0 Å².